The average molecular weight is 364 g/mol. The number of nitrogens with one attached hydrogen (secondary N) is 1. The van der Waals surface area contributed by atoms with E-state index < -0.39 is 0 Å². The molecule has 0 aliphatic rings. The number of pyridine rings is 1. The van der Waals surface area contributed by atoms with Crippen molar-refractivity contribution in [2.24, 2.45) is 0 Å². The van der Waals surface area contributed by atoms with Crippen molar-refractivity contribution in [3.8, 4) is 17.3 Å². The first-order valence-corrected chi connectivity index (χ1v) is 8.56. The summed E-state index contributed by atoms with van der Waals surface area (Å²) in [5.41, 5.74) is 2.76. The van der Waals surface area contributed by atoms with Crippen molar-refractivity contribution in [2.75, 3.05) is 11.9 Å². The molecule has 0 spiro atoms. The highest BCUT2D eigenvalue weighted by Crippen LogP contribution is 2.28. The lowest BCUT2D eigenvalue weighted by molar-refractivity contribution is 0.537. The minimum Gasteiger partial charge on any atom is -0.368 e. The second kappa shape index (κ2) is 7.51. The number of benzene rings is 1. The molecule has 3 rings (SSSR count). The van der Waals surface area contributed by atoms with Crippen LogP contribution in [0.4, 0.5) is 5.82 Å². The third kappa shape index (κ3) is 3.98. The summed E-state index contributed by atoms with van der Waals surface area (Å²) < 4.78 is 0. The average Bonchev–Trinajstić information content (AvgIpc) is 2.67. The van der Waals surface area contributed by atoms with E-state index in [1.165, 1.54) is 0 Å². The predicted octanol–water partition coefficient (Wildman–Crippen LogP) is 4.45. The summed E-state index contributed by atoms with van der Waals surface area (Å²) in [4.78, 5) is 4.40. The van der Waals surface area contributed by atoms with Crippen LogP contribution in [0.2, 0.25) is 5.02 Å². The molecule has 1 N–H and O–H groups in total. The summed E-state index contributed by atoms with van der Waals surface area (Å²) in [6, 6.07) is 16.8. The first-order valence-electron chi connectivity index (χ1n) is 8.19. The fraction of sp³-hybridized carbons (Fsp3) is 0.200. The van der Waals surface area contributed by atoms with Crippen molar-refractivity contribution in [2.45, 2.75) is 19.3 Å². The molecule has 0 bridgehead atoms. The zero-order valence-corrected chi connectivity index (χ0v) is 15.3. The zero-order valence-electron chi connectivity index (χ0n) is 14.6. The molecule has 0 aliphatic carbocycles. The van der Waals surface area contributed by atoms with Crippen molar-refractivity contribution in [1.29, 1.82) is 5.26 Å². The molecule has 1 aromatic carbocycles. The van der Waals surface area contributed by atoms with Gasteiger partial charge in [0.2, 0.25) is 0 Å². The fourth-order valence-electron chi connectivity index (χ4n) is 2.61. The molecule has 6 heteroatoms. The van der Waals surface area contributed by atoms with Crippen LogP contribution in [0, 0.1) is 11.3 Å². The van der Waals surface area contributed by atoms with Crippen molar-refractivity contribution in [3.63, 3.8) is 0 Å². The van der Waals surface area contributed by atoms with Crippen LogP contribution in [0.1, 0.15) is 25.1 Å². The van der Waals surface area contributed by atoms with Crippen LogP contribution < -0.4 is 5.32 Å². The topological polar surface area (TPSA) is 74.5 Å². The van der Waals surface area contributed by atoms with Crippen molar-refractivity contribution < 1.29 is 0 Å². The van der Waals surface area contributed by atoms with Gasteiger partial charge in [-0.2, -0.15) is 5.26 Å². The number of hydrogen-bond donors (Lipinski definition) is 1. The molecule has 130 valence electrons. The van der Waals surface area contributed by atoms with Crippen LogP contribution in [0.5, 0.6) is 0 Å². The van der Waals surface area contributed by atoms with Crippen LogP contribution in [-0.2, 0) is 5.41 Å². The lowest BCUT2D eigenvalue weighted by Gasteiger charge is -2.25. The Bertz CT molecular complexity index is 945. The minimum atomic E-state index is -0.264. The van der Waals surface area contributed by atoms with Crippen LogP contribution in [-0.4, -0.2) is 21.7 Å². The van der Waals surface area contributed by atoms with Crippen LogP contribution in [0.25, 0.3) is 11.3 Å². The molecule has 0 saturated heterocycles. The van der Waals surface area contributed by atoms with Gasteiger partial charge < -0.3 is 5.32 Å². The Morgan fingerprint density at radius 1 is 1.12 bits per heavy atom. The highest BCUT2D eigenvalue weighted by molar-refractivity contribution is 6.31. The number of halogens is 1. The van der Waals surface area contributed by atoms with E-state index in [4.69, 9.17) is 16.9 Å². The molecular formula is C20H18ClN5. The number of nitriles is 1. The van der Waals surface area contributed by atoms with Gasteiger partial charge in [0.05, 0.1) is 28.0 Å². The second-order valence-electron chi connectivity index (χ2n) is 6.57. The number of anilines is 1. The highest BCUT2D eigenvalue weighted by atomic mass is 35.5. The van der Waals surface area contributed by atoms with E-state index in [0.29, 0.717) is 22.9 Å². The minimum absolute atomic E-state index is 0.264. The molecule has 0 atom stereocenters. The fourth-order valence-corrected chi connectivity index (χ4v) is 2.98. The second-order valence-corrected chi connectivity index (χ2v) is 6.97. The smallest absolute Gasteiger partial charge is 0.148 e. The Morgan fingerprint density at radius 2 is 1.96 bits per heavy atom. The number of aromatic nitrogens is 3. The standard InChI is InChI=1S/C20H18ClN5/c1-20(2,19-16(21)7-4-10-23-19)13-24-18-9-8-17(25-26-18)15-6-3-5-14(11-15)12-22/h3-11H,13H2,1-2H3,(H,24,26). The molecule has 2 heterocycles. The van der Waals surface area contributed by atoms with E-state index in [1.807, 2.05) is 36.4 Å². The number of hydrogen-bond acceptors (Lipinski definition) is 5. The molecule has 0 saturated carbocycles. The quantitative estimate of drug-likeness (QED) is 0.724. The van der Waals surface area contributed by atoms with E-state index in [1.54, 1.807) is 18.3 Å². The molecule has 2 aromatic heterocycles. The van der Waals surface area contributed by atoms with Crippen LogP contribution in [0.15, 0.2) is 54.7 Å². The largest absolute Gasteiger partial charge is 0.368 e. The van der Waals surface area contributed by atoms with E-state index in [2.05, 4.69) is 40.4 Å². The Hall–Kier alpha value is -2.97. The molecular weight excluding hydrogens is 346 g/mol. The van der Waals surface area contributed by atoms with Crippen molar-refractivity contribution in [3.05, 3.63) is 71.0 Å². The van der Waals surface area contributed by atoms with E-state index in [9.17, 15) is 0 Å². The molecule has 0 unspecified atom stereocenters. The van der Waals surface area contributed by atoms with Gasteiger partial charge in [-0.15, -0.1) is 10.2 Å². The van der Waals surface area contributed by atoms with E-state index in [0.717, 1.165) is 17.0 Å². The molecule has 3 aromatic rings. The normalized spacial score (nSPS) is 11.0. The monoisotopic (exact) mass is 363 g/mol. The maximum Gasteiger partial charge on any atom is 0.148 e. The third-order valence-electron chi connectivity index (χ3n) is 4.06. The summed E-state index contributed by atoms with van der Waals surface area (Å²) in [7, 11) is 0. The van der Waals surface area contributed by atoms with Crippen LogP contribution >= 0.6 is 11.6 Å². The molecule has 0 amide bonds. The maximum absolute atomic E-state index is 9.00. The van der Waals surface area contributed by atoms with Gasteiger partial charge in [-0.05, 0) is 36.4 Å². The molecule has 0 aliphatic heterocycles. The van der Waals surface area contributed by atoms with Gasteiger partial charge in [-0.3, -0.25) is 4.98 Å². The molecule has 0 radical (unpaired) electrons. The van der Waals surface area contributed by atoms with Gasteiger partial charge in [0.25, 0.3) is 0 Å². The Labute approximate surface area is 157 Å². The Morgan fingerprint density at radius 3 is 2.65 bits per heavy atom. The summed E-state index contributed by atoms with van der Waals surface area (Å²) in [6.45, 7) is 4.76. The van der Waals surface area contributed by atoms with E-state index in [-0.39, 0.29) is 5.41 Å². The van der Waals surface area contributed by atoms with Crippen molar-refractivity contribution in [1.82, 2.24) is 15.2 Å². The first-order chi connectivity index (χ1) is 12.5. The summed E-state index contributed by atoms with van der Waals surface area (Å²) >= 11 is 6.26. The lowest BCUT2D eigenvalue weighted by Crippen LogP contribution is -2.29. The molecule has 5 nitrogen and oxygen atoms in total. The lowest BCUT2D eigenvalue weighted by atomic mass is 9.88. The number of rotatable bonds is 5. The third-order valence-corrected chi connectivity index (χ3v) is 4.37. The van der Waals surface area contributed by atoms with Gasteiger partial charge in [-0.25, -0.2) is 0 Å². The van der Waals surface area contributed by atoms with Gasteiger partial charge in [-0.1, -0.05) is 37.6 Å². The Kier molecular flexibility index (Phi) is 5.15. The van der Waals surface area contributed by atoms with Crippen LogP contribution in [0.3, 0.4) is 0 Å². The summed E-state index contributed by atoms with van der Waals surface area (Å²) in [5, 5.41) is 21.4. The zero-order chi connectivity index (χ0) is 18.6. The Balaban J connectivity index is 1.72. The van der Waals surface area contributed by atoms with Gasteiger partial charge >= 0.3 is 0 Å². The first kappa shape index (κ1) is 17.8. The van der Waals surface area contributed by atoms with E-state index >= 15 is 0 Å². The van der Waals surface area contributed by atoms with Crippen molar-refractivity contribution >= 4 is 17.4 Å². The number of nitrogens with zero attached hydrogens (tertiary/aromatic N) is 4. The molecule has 0 fully saturated rings. The molecule has 26 heavy (non-hydrogen) atoms. The summed E-state index contributed by atoms with van der Waals surface area (Å²) in [6.07, 6.45) is 1.74. The SMILES string of the molecule is CC(C)(CNc1ccc(-c2cccc(C#N)c2)nn1)c1ncccc1Cl. The van der Waals surface area contributed by atoms with Gasteiger partial charge in [0.15, 0.2) is 0 Å². The van der Waals surface area contributed by atoms with Gasteiger partial charge in [0, 0.05) is 23.7 Å². The summed E-state index contributed by atoms with van der Waals surface area (Å²) in [5.74, 6) is 0.672. The van der Waals surface area contributed by atoms with Gasteiger partial charge in [0.1, 0.15) is 5.82 Å². The predicted molar refractivity (Wildman–Crippen MR) is 103 cm³/mol. The maximum atomic E-state index is 9.00. The highest BCUT2D eigenvalue weighted by Gasteiger charge is 2.24.